The number of phenols is 1. The van der Waals surface area contributed by atoms with Crippen molar-refractivity contribution in [3.8, 4) is 5.75 Å². The first-order valence-corrected chi connectivity index (χ1v) is 7.19. The fourth-order valence-electron chi connectivity index (χ4n) is 2.85. The minimum Gasteiger partial charge on any atom is -0.508 e. The standard InChI is InChI=1S/C15H22ClNO/c1-17(10-12-5-3-2-4-6-12)11-13-9-14(16)7-8-15(13)18/h7-9,12,18H,2-6,10-11H2,1H3. The topological polar surface area (TPSA) is 23.5 Å². The van der Waals surface area contributed by atoms with Crippen LogP contribution in [-0.4, -0.2) is 23.6 Å². The second kappa shape index (κ2) is 6.44. The van der Waals surface area contributed by atoms with Crippen LogP contribution in [0.1, 0.15) is 37.7 Å². The lowest BCUT2D eigenvalue weighted by Gasteiger charge is -2.27. The highest BCUT2D eigenvalue weighted by atomic mass is 35.5. The maximum absolute atomic E-state index is 9.80. The van der Waals surface area contributed by atoms with Crippen molar-refractivity contribution >= 4 is 11.6 Å². The number of rotatable bonds is 4. The first-order valence-electron chi connectivity index (χ1n) is 6.81. The van der Waals surface area contributed by atoms with E-state index in [-0.39, 0.29) is 0 Å². The van der Waals surface area contributed by atoms with E-state index in [1.807, 2.05) is 6.07 Å². The van der Waals surface area contributed by atoms with Gasteiger partial charge in [0.25, 0.3) is 0 Å². The van der Waals surface area contributed by atoms with Crippen molar-refractivity contribution in [3.05, 3.63) is 28.8 Å². The molecule has 0 heterocycles. The molecule has 3 heteroatoms. The summed E-state index contributed by atoms with van der Waals surface area (Å²) in [6.07, 6.45) is 6.86. The zero-order valence-corrected chi connectivity index (χ0v) is 11.8. The van der Waals surface area contributed by atoms with Gasteiger partial charge in [-0.15, -0.1) is 0 Å². The molecular formula is C15H22ClNO. The molecule has 0 aromatic heterocycles. The molecule has 0 amide bonds. The minimum atomic E-state index is 0.342. The fraction of sp³-hybridized carbons (Fsp3) is 0.600. The van der Waals surface area contributed by atoms with Gasteiger partial charge in [-0.25, -0.2) is 0 Å². The van der Waals surface area contributed by atoms with Crippen LogP contribution in [0, 0.1) is 5.92 Å². The molecule has 0 saturated heterocycles. The number of aromatic hydroxyl groups is 1. The van der Waals surface area contributed by atoms with E-state index in [0.29, 0.717) is 10.8 Å². The SMILES string of the molecule is CN(Cc1cc(Cl)ccc1O)CC1CCCCC1. The fourth-order valence-corrected chi connectivity index (χ4v) is 3.04. The van der Waals surface area contributed by atoms with E-state index in [2.05, 4.69) is 11.9 Å². The van der Waals surface area contributed by atoms with Gasteiger partial charge in [-0.3, -0.25) is 0 Å². The molecule has 2 nitrogen and oxygen atoms in total. The quantitative estimate of drug-likeness (QED) is 0.889. The summed E-state index contributed by atoms with van der Waals surface area (Å²) >= 11 is 5.96. The van der Waals surface area contributed by atoms with Crippen LogP contribution in [0.2, 0.25) is 5.02 Å². The molecule has 1 saturated carbocycles. The van der Waals surface area contributed by atoms with Gasteiger partial charge in [-0.05, 0) is 44.0 Å². The zero-order chi connectivity index (χ0) is 13.0. The average Bonchev–Trinajstić information content (AvgIpc) is 2.35. The van der Waals surface area contributed by atoms with E-state index < -0.39 is 0 Å². The third kappa shape index (κ3) is 3.89. The molecule has 18 heavy (non-hydrogen) atoms. The molecule has 1 N–H and O–H groups in total. The molecule has 1 aromatic rings. The van der Waals surface area contributed by atoms with Crippen LogP contribution >= 0.6 is 11.6 Å². The van der Waals surface area contributed by atoms with E-state index in [0.717, 1.165) is 24.6 Å². The molecule has 0 bridgehead atoms. The Morgan fingerprint density at radius 2 is 2.00 bits per heavy atom. The maximum atomic E-state index is 9.80. The van der Waals surface area contributed by atoms with Crippen LogP contribution in [0.15, 0.2) is 18.2 Å². The van der Waals surface area contributed by atoms with Gasteiger partial charge < -0.3 is 10.0 Å². The molecule has 1 aliphatic rings. The molecule has 0 atom stereocenters. The number of benzene rings is 1. The Morgan fingerprint density at radius 1 is 1.28 bits per heavy atom. The van der Waals surface area contributed by atoms with Crippen LogP contribution in [0.5, 0.6) is 5.75 Å². The molecule has 1 aliphatic carbocycles. The van der Waals surface area contributed by atoms with Gasteiger partial charge in [0.2, 0.25) is 0 Å². The molecule has 2 rings (SSSR count). The van der Waals surface area contributed by atoms with Gasteiger partial charge in [-0.2, -0.15) is 0 Å². The monoisotopic (exact) mass is 267 g/mol. The third-order valence-corrected chi connectivity index (χ3v) is 4.01. The Bertz CT molecular complexity index is 388. The van der Waals surface area contributed by atoms with Crippen LogP contribution in [0.4, 0.5) is 0 Å². The van der Waals surface area contributed by atoms with Crippen molar-refractivity contribution < 1.29 is 5.11 Å². The summed E-state index contributed by atoms with van der Waals surface area (Å²) in [5.74, 6) is 1.17. The summed E-state index contributed by atoms with van der Waals surface area (Å²) in [6.45, 7) is 1.88. The molecule has 0 aliphatic heterocycles. The van der Waals surface area contributed by atoms with Crippen LogP contribution in [0.3, 0.4) is 0 Å². The first-order chi connectivity index (χ1) is 8.65. The largest absolute Gasteiger partial charge is 0.508 e. The van der Waals surface area contributed by atoms with E-state index in [1.165, 1.54) is 32.1 Å². The Kier molecular flexibility index (Phi) is 4.90. The normalized spacial score (nSPS) is 17.3. The number of phenolic OH excluding ortho intramolecular Hbond substituents is 1. The Balaban J connectivity index is 1.89. The van der Waals surface area contributed by atoms with Crippen molar-refractivity contribution in [2.75, 3.05) is 13.6 Å². The third-order valence-electron chi connectivity index (χ3n) is 3.78. The number of nitrogens with zero attached hydrogens (tertiary/aromatic N) is 1. The highest BCUT2D eigenvalue weighted by molar-refractivity contribution is 6.30. The van der Waals surface area contributed by atoms with Crippen molar-refractivity contribution in [3.63, 3.8) is 0 Å². The lowest BCUT2D eigenvalue weighted by atomic mass is 9.89. The molecule has 1 fully saturated rings. The summed E-state index contributed by atoms with van der Waals surface area (Å²) in [5.41, 5.74) is 0.917. The van der Waals surface area contributed by atoms with Crippen molar-refractivity contribution in [2.24, 2.45) is 5.92 Å². The van der Waals surface area contributed by atoms with Gasteiger partial charge in [0.1, 0.15) is 5.75 Å². The number of halogens is 1. The van der Waals surface area contributed by atoms with Crippen molar-refractivity contribution in [1.29, 1.82) is 0 Å². The second-order valence-electron chi connectivity index (χ2n) is 5.47. The summed E-state index contributed by atoms with van der Waals surface area (Å²) in [6, 6.07) is 5.25. The maximum Gasteiger partial charge on any atom is 0.120 e. The van der Waals surface area contributed by atoms with Gasteiger partial charge in [0.05, 0.1) is 0 Å². The first kappa shape index (κ1) is 13.7. The molecular weight excluding hydrogens is 246 g/mol. The molecule has 1 aromatic carbocycles. The van der Waals surface area contributed by atoms with Crippen LogP contribution in [-0.2, 0) is 6.54 Å². The minimum absolute atomic E-state index is 0.342. The smallest absolute Gasteiger partial charge is 0.120 e. The van der Waals surface area contributed by atoms with Gasteiger partial charge in [0, 0.05) is 23.7 Å². The van der Waals surface area contributed by atoms with Crippen molar-refractivity contribution in [2.45, 2.75) is 38.6 Å². The molecule has 100 valence electrons. The lowest BCUT2D eigenvalue weighted by molar-refractivity contribution is 0.226. The van der Waals surface area contributed by atoms with E-state index >= 15 is 0 Å². The highest BCUT2D eigenvalue weighted by Crippen LogP contribution is 2.26. The summed E-state index contributed by atoms with van der Waals surface area (Å²) < 4.78 is 0. The van der Waals surface area contributed by atoms with Gasteiger partial charge in [0.15, 0.2) is 0 Å². The summed E-state index contributed by atoms with van der Waals surface area (Å²) in [5, 5.41) is 10.5. The van der Waals surface area contributed by atoms with Crippen LogP contribution < -0.4 is 0 Å². The van der Waals surface area contributed by atoms with Gasteiger partial charge >= 0.3 is 0 Å². The zero-order valence-electron chi connectivity index (χ0n) is 11.0. The second-order valence-corrected chi connectivity index (χ2v) is 5.91. The predicted octanol–water partition coefficient (Wildman–Crippen LogP) is 4.06. The number of hydrogen-bond donors (Lipinski definition) is 1. The molecule has 0 unspecified atom stereocenters. The molecule has 0 spiro atoms. The highest BCUT2D eigenvalue weighted by Gasteiger charge is 2.16. The Morgan fingerprint density at radius 3 is 2.72 bits per heavy atom. The van der Waals surface area contributed by atoms with E-state index in [4.69, 9.17) is 11.6 Å². The van der Waals surface area contributed by atoms with E-state index in [1.54, 1.807) is 12.1 Å². The van der Waals surface area contributed by atoms with Crippen molar-refractivity contribution in [1.82, 2.24) is 4.90 Å². The Hall–Kier alpha value is -0.730. The number of hydrogen-bond acceptors (Lipinski definition) is 2. The summed E-state index contributed by atoms with van der Waals surface area (Å²) in [7, 11) is 2.12. The van der Waals surface area contributed by atoms with E-state index in [9.17, 15) is 5.11 Å². The van der Waals surface area contributed by atoms with Gasteiger partial charge in [-0.1, -0.05) is 30.9 Å². The summed E-state index contributed by atoms with van der Waals surface area (Å²) in [4.78, 5) is 2.29. The predicted molar refractivity (Wildman–Crippen MR) is 76.0 cm³/mol. The van der Waals surface area contributed by atoms with Crippen LogP contribution in [0.25, 0.3) is 0 Å². The molecule has 0 radical (unpaired) electrons. The lowest BCUT2D eigenvalue weighted by Crippen LogP contribution is -2.26. The Labute approximate surface area is 115 Å². The average molecular weight is 268 g/mol.